The van der Waals surface area contributed by atoms with Gasteiger partial charge in [-0.25, -0.2) is 20.1 Å². The molecule has 0 aliphatic heterocycles. The summed E-state index contributed by atoms with van der Waals surface area (Å²) >= 11 is 7.40. The van der Waals surface area contributed by atoms with Gasteiger partial charge in [-0.05, 0) is 177 Å². The normalized spacial score (nSPS) is 12.1. The molecule has 0 spiro atoms. The Hall–Kier alpha value is -9.76. The number of aliphatic carboxylic acids is 2. The van der Waals surface area contributed by atoms with Crippen LogP contribution in [0.15, 0.2) is 229 Å². The first kappa shape index (κ1) is 77.7. The molecule has 2 heterocycles. The molecule has 15 heteroatoms. The van der Waals surface area contributed by atoms with Crippen molar-refractivity contribution >= 4 is 95.6 Å². The molecule has 0 saturated heterocycles. The Kier molecular flexibility index (Phi) is 29.0. The van der Waals surface area contributed by atoms with E-state index < -0.39 is 11.9 Å². The fraction of sp³-hybridized carbons (Fsp3) is 0.225. The Labute approximate surface area is 587 Å². The summed E-state index contributed by atoms with van der Waals surface area (Å²) in [5.41, 5.74) is 32.3. The maximum absolute atomic E-state index is 10.7. The molecular formula is C80H84N8O4RuS2. The fourth-order valence-electron chi connectivity index (χ4n) is 9.58. The first-order valence-electron chi connectivity index (χ1n) is 30.6. The first-order valence-corrected chi connectivity index (χ1v) is 31.4. The van der Waals surface area contributed by atoms with Crippen molar-refractivity contribution < 1.29 is 39.3 Å². The van der Waals surface area contributed by atoms with Gasteiger partial charge in [-0.3, -0.25) is 9.97 Å². The van der Waals surface area contributed by atoms with Crippen molar-refractivity contribution in [1.29, 1.82) is 10.5 Å². The second-order valence-electron chi connectivity index (χ2n) is 26.1. The van der Waals surface area contributed by atoms with Gasteiger partial charge in [-0.2, -0.15) is 11.4 Å². The minimum absolute atomic E-state index is 0. The number of nitrogens with one attached hydrogen (secondary N) is 2. The molecule has 0 fully saturated rings. The standard InChI is InChI=1S/C66H70N4.C12H14N2O4.2CHNS.Ru/c1-63(2,3)51-21-33-57(34-22-51)69(58-35-23-52(24-36-58)64(4,5)6)55-29-17-47(18-30-55)13-15-49-41-43-67-61(45-49)62-46-50(42-44-68-62)16-14-48-19-31-56(32-20-48)70(59-37-25-53(26-38-59)65(7,8)9)60-39-27-54(28-40-60)66(10,11)12;1-3-7(11(15)16)5-9(13)10(14)6-8(4-2)12(17)18;2*2-1-3;/h13-46H,1-12H3;3-6,13-14H,1-2H3,(H,15,16)(H,17,18);2*3H;/q;-2;;;+4/p-2/b15-13+,16-14+;7-3+,8-4+,9-5-,10-6-;;;. The van der Waals surface area contributed by atoms with Crippen molar-refractivity contribution in [1.82, 2.24) is 9.97 Å². The van der Waals surface area contributed by atoms with Gasteiger partial charge in [0.15, 0.2) is 0 Å². The van der Waals surface area contributed by atoms with Gasteiger partial charge in [0, 0.05) is 46.5 Å². The van der Waals surface area contributed by atoms with E-state index in [-0.39, 0.29) is 63.7 Å². The first-order chi connectivity index (χ1) is 44.3. The predicted octanol–water partition coefficient (Wildman–Crippen LogP) is 21.6. The molecule has 0 atom stereocenters. The van der Waals surface area contributed by atoms with Gasteiger partial charge in [0.05, 0.1) is 22.5 Å². The van der Waals surface area contributed by atoms with E-state index >= 15 is 0 Å². The average Bonchev–Trinajstić information content (AvgIpc) is 0.807. The Morgan fingerprint density at radius 2 is 0.621 bits per heavy atom. The van der Waals surface area contributed by atoms with Crippen LogP contribution in [0.2, 0.25) is 0 Å². The van der Waals surface area contributed by atoms with E-state index in [0.29, 0.717) is 0 Å². The molecule has 0 saturated carbocycles. The van der Waals surface area contributed by atoms with Crippen LogP contribution in [0.5, 0.6) is 0 Å². The topological polar surface area (TPSA) is 202 Å². The molecule has 0 bridgehead atoms. The number of rotatable bonds is 16. The number of hydrogen-bond acceptors (Lipinski definition) is 10. The van der Waals surface area contributed by atoms with Crippen molar-refractivity contribution in [3.63, 3.8) is 0 Å². The number of hydrogen-bond donors (Lipinski definition) is 2. The quantitative estimate of drug-likeness (QED) is 0.0305. The zero-order valence-corrected chi connectivity index (χ0v) is 59.9. The zero-order valence-electron chi connectivity index (χ0n) is 56.5. The SMILES string of the molecule is CC(C)(C)c1ccc(N(c2ccc(/C=C/c3ccnc(-c4cc(/C=C/c5ccc(N(c6ccc(C(C)(C)C)cc6)c6ccc(C(C)(C)C)cc6)cc5)ccn4)c3)cc2)c2ccc(C(C)(C)C)cc2)cc1.C\C=C(/C=C([NH-])/C([NH-])=C/C(=C\C)C(=O)O)C(=O)O.N#C[S-].N#C[S-].[Ru+4]. The maximum atomic E-state index is 10.7. The molecule has 12 nitrogen and oxygen atoms in total. The summed E-state index contributed by atoms with van der Waals surface area (Å²) in [6.07, 6.45) is 16.9. The number of pyridine rings is 2. The summed E-state index contributed by atoms with van der Waals surface area (Å²) in [7, 11) is 0. The van der Waals surface area contributed by atoms with Gasteiger partial charge in [0.2, 0.25) is 0 Å². The summed E-state index contributed by atoms with van der Waals surface area (Å²) in [5, 5.41) is 34.4. The third kappa shape index (κ3) is 23.3. The number of carbonyl (C=O) groups is 2. The molecule has 6 aromatic carbocycles. The molecule has 0 aliphatic rings. The third-order valence-electron chi connectivity index (χ3n) is 15.0. The predicted molar refractivity (Wildman–Crippen MR) is 396 cm³/mol. The van der Waals surface area contributed by atoms with Crippen LogP contribution in [0.3, 0.4) is 0 Å². The maximum Gasteiger partial charge on any atom is 4.00 e. The molecule has 0 radical (unpaired) electrons. The molecule has 95 heavy (non-hydrogen) atoms. The molecule has 4 N–H and O–H groups in total. The van der Waals surface area contributed by atoms with E-state index in [1.165, 1.54) is 59.1 Å². The van der Waals surface area contributed by atoms with E-state index in [2.05, 4.69) is 300 Å². The van der Waals surface area contributed by atoms with Crippen molar-refractivity contribution in [3.8, 4) is 22.2 Å². The summed E-state index contributed by atoms with van der Waals surface area (Å²) in [6, 6.07) is 61.8. The van der Waals surface area contributed by atoms with Crippen LogP contribution in [-0.4, -0.2) is 32.1 Å². The molecule has 0 unspecified atom stereocenters. The monoisotopic (exact) mass is 1390 g/mol. The number of allylic oxidation sites excluding steroid dienone is 2. The van der Waals surface area contributed by atoms with Crippen LogP contribution in [-0.2, 0) is 76.0 Å². The molecule has 8 aromatic rings. The van der Waals surface area contributed by atoms with Gasteiger partial charge in [-0.15, -0.1) is 0 Å². The van der Waals surface area contributed by atoms with E-state index in [1.54, 1.807) is 0 Å². The second-order valence-corrected chi connectivity index (χ2v) is 26.4. The smallest absolute Gasteiger partial charge is 0.700 e. The molecule has 488 valence electrons. The number of nitriles is 2. The number of aromatic nitrogens is 2. The Morgan fingerprint density at radius 3 is 0.821 bits per heavy atom. The van der Waals surface area contributed by atoms with Gasteiger partial charge in [0.1, 0.15) is 0 Å². The molecule has 2 aromatic heterocycles. The van der Waals surface area contributed by atoms with Crippen LogP contribution in [0.1, 0.15) is 141 Å². The number of carboxylic acids is 2. The van der Waals surface area contributed by atoms with Crippen molar-refractivity contribution in [2.75, 3.05) is 9.80 Å². The number of carboxylic acid groups (broad SMARTS) is 2. The number of thiocyanates is 2. The van der Waals surface area contributed by atoms with Gasteiger partial charge < -0.3 is 56.7 Å². The fourth-order valence-corrected chi connectivity index (χ4v) is 9.58. The van der Waals surface area contributed by atoms with E-state index in [0.717, 1.165) is 79.9 Å². The molecule has 0 aliphatic carbocycles. The largest absolute Gasteiger partial charge is 4.00 e. The Bertz CT molecular complexity index is 3730. The number of nitrogens with zero attached hydrogens (tertiary/aromatic N) is 6. The van der Waals surface area contributed by atoms with Crippen LogP contribution in [0.25, 0.3) is 47.2 Å². The Balaban J connectivity index is 0.000000655. The zero-order chi connectivity index (χ0) is 69.6. The summed E-state index contributed by atoms with van der Waals surface area (Å²) in [5.74, 6) is -2.42. The van der Waals surface area contributed by atoms with Crippen molar-refractivity contribution in [2.24, 2.45) is 0 Å². The number of benzene rings is 6. The summed E-state index contributed by atoms with van der Waals surface area (Å²) < 4.78 is 0. The minimum Gasteiger partial charge on any atom is -0.700 e. The van der Waals surface area contributed by atoms with E-state index in [1.807, 2.05) is 24.5 Å². The van der Waals surface area contributed by atoms with Gasteiger partial charge in [-0.1, -0.05) is 215 Å². The average molecular weight is 1390 g/mol. The van der Waals surface area contributed by atoms with E-state index in [4.69, 9.17) is 42.2 Å². The molecule has 8 rings (SSSR count). The van der Waals surface area contributed by atoms with Crippen LogP contribution >= 0.6 is 0 Å². The van der Waals surface area contributed by atoms with Crippen LogP contribution < -0.4 is 9.80 Å². The Morgan fingerprint density at radius 1 is 0.411 bits per heavy atom. The summed E-state index contributed by atoms with van der Waals surface area (Å²) in [4.78, 5) is 35.5. The second kappa shape index (κ2) is 35.5. The summed E-state index contributed by atoms with van der Waals surface area (Å²) in [6.45, 7) is 30.1. The van der Waals surface area contributed by atoms with Crippen LogP contribution in [0.4, 0.5) is 34.1 Å². The molecular weight excluding hydrogens is 1300 g/mol. The van der Waals surface area contributed by atoms with Gasteiger partial charge >= 0.3 is 31.4 Å². The minimum atomic E-state index is -1.21. The number of anilines is 6. The van der Waals surface area contributed by atoms with Crippen molar-refractivity contribution in [3.05, 3.63) is 285 Å². The van der Waals surface area contributed by atoms with Gasteiger partial charge in [0.25, 0.3) is 0 Å². The van der Waals surface area contributed by atoms with Crippen molar-refractivity contribution in [2.45, 2.75) is 119 Å². The van der Waals surface area contributed by atoms with E-state index in [9.17, 15) is 9.59 Å². The third-order valence-corrected chi connectivity index (χ3v) is 15.0. The molecule has 0 amide bonds. The van der Waals surface area contributed by atoms with Crippen LogP contribution in [0, 0.1) is 21.3 Å².